The summed E-state index contributed by atoms with van der Waals surface area (Å²) in [6.07, 6.45) is 0. The summed E-state index contributed by atoms with van der Waals surface area (Å²) in [4.78, 5) is 0. The third kappa shape index (κ3) is 1.80. The van der Waals surface area contributed by atoms with E-state index in [2.05, 4.69) is 0 Å². The van der Waals surface area contributed by atoms with Gasteiger partial charge in [-0.2, -0.15) is 0 Å². The molecule has 16 heavy (non-hydrogen) atoms. The van der Waals surface area contributed by atoms with Crippen LogP contribution < -0.4 is 17.2 Å². The van der Waals surface area contributed by atoms with Crippen LogP contribution in [-0.4, -0.2) is 0 Å². The number of benzene rings is 2. The zero-order valence-corrected chi connectivity index (χ0v) is 9.20. The number of rotatable bonds is 1. The summed E-state index contributed by atoms with van der Waals surface area (Å²) < 4.78 is 0. The molecule has 0 radical (unpaired) electrons. The number of hydrogen-bond acceptors (Lipinski definition) is 3. The monoisotopic (exact) mass is 213 g/mol. The molecular weight excluding hydrogens is 198 g/mol. The summed E-state index contributed by atoms with van der Waals surface area (Å²) in [7, 11) is 0. The third-order valence-corrected chi connectivity index (χ3v) is 2.70. The van der Waals surface area contributed by atoms with Gasteiger partial charge in [-0.25, -0.2) is 0 Å². The van der Waals surface area contributed by atoms with E-state index in [0.717, 1.165) is 22.4 Å². The number of nitrogens with two attached hydrogens (primary N) is 3. The standard InChI is InChI=1S/C13H15N3/c1-8-2-3-9(6-12(8)15)10-4-5-11(14)13(16)7-10/h2-7H,14-16H2,1H3. The highest BCUT2D eigenvalue weighted by molar-refractivity contribution is 5.76. The highest BCUT2D eigenvalue weighted by Gasteiger charge is 2.02. The number of nitrogen functional groups attached to an aromatic ring is 3. The predicted molar refractivity (Wildman–Crippen MR) is 69.9 cm³/mol. The minimum Gasteiger partial charge on any atom is -0.398 e. The topological polar surface area (TPSA) is 78.1 Å². The Bertz CT molecular complexity index is 483. The van der Waals surface area contributed by atoms with E-state index in [1.165, 1.54) is 0 Å². The molecule has 0 aliphatic rings. The van der Waals surface area contributed by atoms with Crippen molar-refractivity contribution in [2.24, 2.45) is 0 Å². The molecule has 3 nitrogen and oxygen atoms in total. The second-order valence-corrected chi connectivity index (χ2v) is 3.92. The van der Waals surface area contributed by atoms with Gasteiger partial charge in [-0.05, 0) is 41.8 Å². The van der Waals surface area contributed by atoms with Crippen LogP contribution in [0.2, 0.25) is 0 Å². The van der Waals surface area contributed by atoms with Crippen LogP contribution in [0.1, 0.15) is 5.56 Å². The molecule has 0 amide bonds. The zero-order chi connectivity index (χ0) is 11.7. The third-order valence-electron chi connectivity index (χ3n) is 2.70. The van der Waals surface area contributed by atoms with Crippen molar-refractivity contribution in [1.29, 1.82) is 0 Å². The Morgan fingerprint density at radius 2 is 1.25 bits per heavy atom. The Morgan fingerprint density at radius 1 is 0.688 bits per heavy atom. The summed E-state index contributed by atoms with van der Waals surface area (Å²) >= 11 is 0. The molecule has 0 fully saturated rings. The number of anilines is 3. The fourth-order valence-electron chi connectivity index (χ4n) is 1.57. The highest BCUT2D eigenvalue weighted by Crippen LogP contribution is 2.27. The van der Waals surface area contributed by atoms with Crippen LogP contribution >= 0.6 is 0 Å². The number of hydrogen-bond donors (Lipinski definition) is 3. The lowest BCUT2D eigenvalue weighted by Crippen LogP contribution is -1.95. The highest BCUT2D eigenvalue weighted by atomic mass is 14.7. The summed E-state index contributed by atoms with van der Waals surface area (Å²) in [5, 5.41) is 0. The van der Waals surface area contributed by atoms with E-state index < -0.39 is 0 Å². The summed E-state index contributed by atoms with van der Waals surface area (Å²) in [5.74, 6) is 0. The van der Waals surface area contributed by atoms with Gasteiger partial charge in [0.2, 0.25) is 0 Å². The van der Waals surface area contributed by atoms with Crippen LogP contribution in [0.15, 0.2) is 36.4 Å². The van der Waals surface area contributed by atoms with Crippen LogP contribution in [-0.2, 0) is 0 Å². The smallest absolute Gasteiger partial charge is 0.0554 e. The molecule has 6 N–H and O–H groups in total. The first-order valence-electron chi connectivity index (χ1n) is 5.09. The van der Waals surface area contributed by atoms with Crippen molar-refractivity contribution in [2.45, 2.75) is 6.92 Å². The van der Waals surface area contributed by atoms with Gasteiger partial charge < -0.3 is 17.2 Å². The Balaban J connectivity index is 2.50. The fourth-order valence-corrected chi connectivity index (χ4v) is 1.57. The Morgan fingerprint density at radius 3 is 1.81 bits per heavy atom. The first-order valence-corrected chi connectivity index (χ1v) is 5.09. The van der Waals surface area contributed by atoms with Gasteiger partial charge in [0.25, 0.3) is 0 Å². The largest absolute Gasteiger partial charge is 0.398 e. The van der Waals surface area contributed by atoms with Gasteiger partial charge in [0.1, 0.15) is 0 Å². The molecular formula is C13H15N3. The number of aryl methyl sites for hydroxylation is 1. The molecule has 3 heteroatoms. The zero-order valence-electron chi connectivity index (χ0n) is 9.20. The summed E-state index contributed by atoms with van der Waals surface area (Å²) in [6, 6.07) is 11.6. The van der Waals surface area contributed by atoms with Gasteiger partial charge in [0.05, 0.1) is 11.4 Å². The average molecular weight is 213 g/mol. The fraction of sp³-hybridized carbons (Fsp3) is 0.0769. The lowest BCUT2D eigenvalue weighted by molar-refractivity contribution is 1.47. The SMILES string of the molecule is Cc1ccc(-c2ccc(N)c(N)c2)cc1N. The molecule has 0 aliphatic carbocycles. The van der Waals surface area contributed by atoms with Gasteiger partial charge >= 0.3 is 0 Å². The molecule has 2 rings (SSSR count). The molecule has 0 aliphatic heterocycles. The maximum absolute atomic E-state index is 5.87. The van der Waals surface area contributed by atoms with E-state index in [-0.39, 0.29) is 0 Å². The van der Waals surface area contributed by atoms with Crippen LogP contribution in [0.4, 0.5) is 17.1 Å². The molecule has 0 spiro atoms. The van der Waals surface area contributed by atoms with Crippen molar-refractivity contribution < 1.29 is 0 Å². The van der Waals surface area contributed by atoms with Gasteiger partial charge in [0, 0.05) is 5.69 Å². The lowest BCUT2D eigenvalue weighted by Gasteiger charge is -2.07. The average Bonchev–Trinajstić information content (AvgIpc) is 2.26. The van der Waals surface area contributed by atoms with Crippen molar-refractivity contribution in [3.05, 3.63) is 42.0 Å². The van der Waals surface area contributed by atoms with Gasteiger partial charge in [0.15, 0.2) is 0 Å². The Labute approximate surface area is 94.9 Å². The molecule has 82 valence electrons. The Hall–Kier alpha value is -2.16. The van der Waals surface area contributed by atoms with Crippen molar-refractivity contribution in [3.63, 3.8) is 0 Å². The predicted octanol–water partition coefficient (Wildman–Crippen LogP) is 2.41. The van der Waals surface area contributed by atoms with E-state index in [1.54, 1.807) is 6.07 Å². The minimum absolute atomic E-state index is 0.594. The van der Waals surface area contributed by atoms with E-state index in [9.17, 15) is 0 Å². The van der Waals surface area contributed by atoms with E-state index in [4.69, 9.17) is 17.2 Å². The molecule has 0 bridgehead atoms. The molecule has 0 saturated carbocycles. The molecule has 0 aromatic heterocycles. The normalized spacial score (nSPS) is 10.3. The van der Waals surface area contributed by atoms with Crippen LogP contribution in [0.5, 0.6) is 0 Å². The minimum atomic E-state index is 0.594. The molecule has 0 heterocycles. The van der Waals surface area contributed by atoms with E-state index in [0.29, 0.717) is 11.4 Å². The first kappa shape index (κ1) is 10.4. The Kier molecular flexibility index (Phi) is 2.44. The maximum Gasteiger partial charge on any atom is 0.0554 e. The van der Waals surface area contributed by atoms with Crippen LogP contribution in [0, 0.1) is 6.92 Å². The quantitative estimate of drug-likeness (QED) is 0.636. The van der Waals surface area contributed by atoms with Crippen molar-refractivity contribution in [3.8, 4) is 11.1 Å². The van der Waals surface area contributed by atoms with E-state index in [1.807, 2.05) is 37.3 Å². The second-order valence-electron chi connectivity index (χ2n) is 3.92. The molecule has 2 aromatic carbocycles. The van der Waals surface area contributed by atoms with Gasteiger partial charge in [-0.15, -0.1) is 0 Å². The van der Waals surface area contributed by atoms with E-state index >= 15 is 0 Å². The van der Waals surface area contributed by atoms with Crippen molar-refractivity contribution >= 4 is 17.1 Å². The molecule has 0 saturated heterocycles. The molecule has 2 aromatic rings. The van der Waals surface area contributed by atoms with Crippen molar-refractivity contribution in [1.82, 2.24) is 0 Å². The molecule has 0 atom stereocenters. The first-order chi connectivity index (χ1) is 7.58. The summed E-state index contributed by atoms with van der Waals surface area (Å²) in [6.45, 7) is 1.98. The maximum atomic E-state index is 5.87. The van der Waals surface area contributed by atoms with Crippen molar-refractivity contribution in [2.75, 3.05) is 17.2 Å². The second kappa shape index (κ2) is 3.77. The molecule has 0 unspecified atom stereocenters. The van der Waals surface area contributed by atoms with Crippen LogP contribution in [0.3, 0.4) is 0 Å². The lowest BCUT2D eigenvalue weighted by atomic mass is 10.0. The van der Waals surface area contributed by atoms with Gasteiger partial charge in [-0.3, -0.25) is 0 Å². The van der Waals surface area contributed by atoms with Crippen LogP contribution in [0.25, 0.3) is 11.1 Å². The van der Waals surface area contributed by atoms with Gasteiger partial charge in [-0.1, -0.05) is 18.2 Å². The summed E-state index contributed by atoms with van der Waals surface area (Å²) in [5.41, 5.74) is 22.4.